The molecule has 2 N–H and O–H groups in total. The number of methoxy groups -OCH3 is 1. The molecule has 0 aliphatic heterocycles. The molecule has 0 aliphatic carbocycles. The number of hydrogen-bond donors (Lipinski definition) is 2. The van der Waals surface area contributed by atoms with Gasteiger partial charge >= 0.3 is 6.18 Å². The van der Waals surface area contributed by atoms with E-state index in [-0.39, 0.29) is 5.92 Å². The summed E-state index contributed by atoms with van der Waals surface area (Å²) in [6.07, 6.45) is -4.38. The van der Waals surface area contributed by atoms with Gasteiger partial charge in [0.2, 0.25) is 5.91 Å². The van der Waals surface area contributed by atoms with Crippen molar-refractivity contribution in [2.75, 3.05) is 26.8 Å². The summed E-state index contributed by atoms with van der Waals surface area (Å²) in [5.41, 5.74) is 0. The van der Waals surface area contributed by atoms with Crippen LogP contribution >= 0.6 is 0 Å². The number of alkyl halides is 3. The Kier molecular flexibility index (Phi) is 7.13. The van der Waals surface area contributed by atoms with E-state index in [2.05, 4.69) is 5.32 Å². The highest BCUT2D eigenvalue weighted by Crippen LogP contribution is 2.12. The zero-order chi connectivity index (χ0) is 13.5. The Labute approximate surface area is 98.9 Å². The molecule has 4 nitrogen and oxygen atoms in total. The lowest BCUT2D eigenvalue weighted by atomic mass is 10.2. The van der Waals surface area contributed by atoms with E-state index in [9.17, 15) is 18.0 Å². The highest BCUT2D eigenvalue weighted by Gasteiger charge is 2.28. The van der Waals surface area contributed by atoms with E-state index in [0.29, 0.717) is 13.2 Å². The van der Waals surface area contributed by atoms with Crippen molar-refractivity contribution in [1.82, 2.24) is 10.6 Å². The minimum Gasteiger partial charge on any atom is -0.384 e. The maximum atomic E-state index is 11.8. The molecule has 102 valence electrons. The monoisotopic (exact) mass is 256 g/mol. The number of amides is 1. The highest BCUT2D eigenvalue weighted by atomic mass is 19.4. The van der Waals surface area contributed by atoms with Gasteiger partial charge in [-0.3, -0.25) is 4.79 Å². The molecule has 0 saturated carbocycles. The number of rotatable bonds is 7. The van der Waals surface area contributed by atoms with Gasteiger partial charge in [-0.25, -0.2) is 0 Å². The molecule has 0 aromatic heterocycles. The summed E-state index contributed by atoms with van der Waals surface area (Å²) in [6.45, 7) is 3.17. The van der Waals surface area contributed by atoms with Gasteiger partial charge in [0.1, 0.15) is 6.54 Å². The Morgan fingerprint density at radius 1 is 1.35 bits per heavy atom. The number of nitrogens with one attached hydrogen (secondary N) is 2. The van der Waals surface area contributed by atoms with Crippen LogP contribution in [0, 0.1) is 5.92 Å². The molecule has 0 aliphatic rings. The molecule has 0 aromatic rings. The summed E-state index contributed by atoms with van der Waals surface area (Å²) in [5.74, 6) is -0.468. The Bertz CT molecular complexity index is 234. The molecule has 7 heteroatoms. The topological polar surface area (TPSA) is 50.4 Å². The first kappa shape index (κ1) is 16.2. The predicted octanol–water partition coefficient (Wildman–Crippen LogP) is 0.925. The third kappa shape index (κ3) is 8.93. The van der Waals surface area contributed by atoms with Gasteiger partial charge in [0, 0.05) is 20.3 Å². The van der Waals surface area contributed by atoms with E-state index in [1.807, 2.05) is 12.2 Å². The SMILES string of the molecule is COCC(C)CNC(C)C(=O)NCC(F)(F)F. The number of carbonyl (C=O) groups excluding carboxylic acids is 1. The van der Waals surface area contributed by atoms with Crippen LogP contribution in [0.25, 0.3) is 0 Å². The average Bonchev–Trinajstić information content (AvgIpc) is 2.22. The quantitative estimate of drug-likeness (QED) is 0.712. The fraction of sp³-hybridized carbons (Fsp3) is 0.900. The Hall–Kier alpha value is -0.820. The first-order chi connectivity index (χ1) is 7.76. The van der Waals surface area contributed by atoms with Gasteiger partial charge < -0.3 is 15.4 Å². The second-order valence-electron chi connectivity index (χ2n) is 4.02. The lowest BCUT2D eigenvalue weighted by Gasteiger charge is -2.17. The van der Waals surface area contributed by atoms with Crippen LogP contribution in [0.1, 0.15) is 13.8 Å². The van der Waals surface area contributed by atoms with Gasteiger partial charge in [0.15, 0.2) is 0 Å². The number of halogens is 3. The van der Waals surface area contributed by atoms with Gasteiger partial charge in [0.25, 0.3) is 0 Å². The first-order valence-electron chi connectivity index (χ1n) is 5.33. The van der Waals surface area contributed by atoms with Crippen molar-refractivity contribution in [3.63, 3.8) is 0 Å². The molecule has 0 spiro atoms. The highest BCUT2D eigenvalue weighted by molar-refractivity contribution is 5.81. The van der Waals surface area contributed by atoms with Crippen LogP contribution in [0.3, 0.4) is 0 Å². The molecule has 0 saturated heterocycles. The van der Waals surface area contributed by atoms with Crippen molar-refractivity contribution in [2.24, 2.45) is 5.92 Å². The molecule has 2 atom stereocenters. The second-order valence-corrected chi connectivity index (χ2v) is 4.02. The number of ether oxygens (including phenoxy) is 1. The maximum Gasteiger partial charge on any atom is 0.405 e. The molecule has 2 unspecified atom stereocenters. The summed E-state index contributed by atoms with van der Waals surface area (Å²) < 4.78 is 40.4. The standard InChI is InChI=1S/C10H19F3N2O2/c1-7(5-17-3)4-14-8(2)9(16)15-6-10(11,12)13/h7-8,14H,4-6H2,1-3H3,(H,15,16). The van der Waals surface area contributed by atoms with Crippen LogP contribution in [-0.4, -0.2) is 44.9 Å². The summed E-state index contributed by atoms with van der Waals surface area (Å²) in [5, 5.41) is 4.66. The molecule has 1 amide bonds. The van der Waals surface area contributed by atoms with Gasteiger partial charge in [-0.15, -0.1) is 0 Å². The fourth-order valence-corrected chi connectivity index (χ4v) is 1.15. The molecule has 0 aromatic carbocycles. The van der Waals surface area contributed by atoms with E-state index >= 15 is 0 Å². The maximum absolute atomic E-state index is 11.8. The van der Waals surface area contributed by atoms with Gasteiger partial charge in [-0.05, 0) is 12.8 Å². The smallest absolute Gasteiger partial charge is 0.384 e. The van der Waals surface area contributed by atoms with Gasteiger partial charge in [0.05, 0.1) is 6.04 Å². The zero-order valence-electron chi connectivity index (χ0n) is 10.2. The Morgan fingerprint density at radius 3 is 2.41 bits per heavy atom. The van der Waals surface area contributed by atoms with Crippen LogP contribution < -0.4 is 10.6 Å². The summed E-state index contributed by atoms with van der Waals surface area (Å²) in [4.78, 5) is 11.3. The van der Waals surface area contributed by atoms with Crippen LogP contribution in [-0.2, 0) is 9.53 Å². The van der Waals surface area contributed by atoms with Crippen molar-refractivity contribution in [2.45, 2.75) is 26.1 Å². The normalized spacial score (nSPS) is 15.4. The van der Waals surface area contributed by atoms with E-state index in [1.54, 1.807) is 7.11 Å². The molecule has 0 rings (SSSR count). The number of carbonyl (C=O) groups is 1. The zero-order valence-corrected chi connectivity index (χ0v) is 10.2. The lowest BCUT2D eigenvalue weighted by molar-refractivity contribution is -0.139. The molecule has 0 heterocycles. The number of hydrogen-bond acceptors (Lipinski definition) is 3. The van der Waals surface area contributed by atoms with E-state index in [4.69, 9.17) is 4.74 Å². The minimum absolute atomic E-state index is 0.192. The molecule has 0 bridgehead atoms. The summed E-state index contributed by atoms with van der Waals surface area (Å²) in [6, 6.07) is -0.656. The van der Waals surface area contributed by atoms with Crippen LogP contribution in [0.2, 0.25) is 0 Å². The second kappa shape index (κ2) is 7.50. The largest absolute Gasteiger partial charge is 0.405 e. The third-order valence-corrected chi connectivity index (χ3v) is 2.08. The van der Waals surface area contributed by atoms with Gasteiger partial charge in [-0.2, -0.15) is 13.2 Å². The predicted molar refractivity (Wildman–Crippen MR) is 57.6 cm³/mol. The molecular formula is C10H19F3N2O2. The van der Waals surface area contributed by atoms with Crippen molar-refractivity contribution < 1.29 is 22.7 Å². The molecule has 0 radical (unpaired) electrons. The third-order valence-electron chi connectivity index (χ3n) is 2.08. The fourth-order valence-electron chi connectivity index (χ4n) is 1.15. The first-order valence-corrected chi connectivity index (χ1v) is 5.33. The van der Waals surface area contributed by atoms with Crippen molar-refractivity contribution in [3.05, 3.63) is 0 Å². The van der Waals surface area contributed by atoms with Crippen LogP contribution in [0.5, 0.6) is 0 Å². The molecule has 0 fully saturated rings. The molecular weight excluding hydrogens is 237 g/mol. The van der Waals surface area contributed by atoms with Crippen molar-refractivity contribution in [1.29, 1.82) is 0 Å². The average molecular weight is 256 g/mol. The van der Waals surface area contributed by atoms with Crippen molar-refractivity contribution >= 4 is 5.91 Å². The Morgan fingerprint density at radius 2 is 1.94 bits per heavy atom. The summed E-state index contributed by atoms with van der Waals surface area (Å²) >= 11 is 0. The van der Waals surface area contributed by atoms with Crippen molar-refractivity contribution in [3.8, 4) is 0 Å². The van der Waals surface area contributed by atoms with Gasteiger partial charge in [-0.1, -0.05) is 6.92 Å². The Balaban J connectivity index is 3.82. The van der Waals surface area contributed by atoms with E-state index in [1.165, 1.54) is 6.92 Å². The molecule has 17 heavy (non-hydrogen) atoms. The van der Waals surface area contributed by atoms with E-state index in [0.717, 1.165) is 0 Å². The minimum atomic E-state index is -4.38. The van der Waals surface area contributed by atoms with Crippen LogP contribution in [0.15, 0.2) is 0 Å². The summed E-state index contributed by atoms with van der Waals surface area (Å²) in [7, 11) is 1.57. The van der Waals surface area contributed by atoms with E-state index < -0.39 is 24.7 Å². The lowest BCUT2D eigenvalue weighted by Crippen LogP contribution is -2.46. The van der Waals surface area contributed by atoms with Crippen LogP contribution in [0.4, 0.5) is 13.2 Å².